The summed E-state index contributed by atoms with van der Waals surface area (Å²) in [6.07, 6.45) is 2.84. The average molecular weight is 441 g/mol. The summed E-state index contributed by atoms with van der Waals surface area (Å²) in [6.45, 7) is 1.52. The minimum Gasteiger partial charge on any atom is -0.356 e. The van der Waals surface area contributed by atoms with E-state index in [0.717, 1.165) is 18.2 Å². The number of carbonyl (C=O) groups is 1. The summed E-state index contributed by atoms with van der Waals surface area (Å²) < 4.78 is 1.17. The molecule has 0 radical (unpaired) electrons. The van der Waals surface area contributed by atoms with E-state index in [-0.39, 0.29) is 17.2 Å². The molecule has 1 heterocycles. The van der Waals surface area contributed by atoms with E-state index in [9.17, 15) is 4.79 Å². The van der Waals surface area contributed by atoms with Gasteiger partial charge in [0.15, 0.2) is 5.96 Å². The van der Waals surface area contributed by atoms with Gasteiger partial charge in [-0.2, -0.15) is 0 Å². The number of fused-ring (bicyclic) bond motifs is 1. The van der Waals surface area contributed by atoms with Gasteiger partial charge in [-0.05, 0) is 36.1 Å². The molecule has 1 amide bonds. The number of halogens is 1. The molecule has 1 fully saturated rings. The number of amides is 1. The molecule has 146 valence electrons. The number of rotatable bonds is 5. The van der Waals surface area contributed by atoms with E-state index in [4.69, 9.17) is 0 Å². The topological polar surface area (TPSA) is 65.5 Å². The molecule has 3 N–H and O–H groups in total. The highest BCUT2D eigenvalue weighted by Crippen LogP contribution is 2.49. The van der Waals surface area contributed by atoms with Crippen LogP contribution in [0.4, 0.5) is 5.69 Å². The zero-order valence-electron chi connectivity index (χ0n) is 16.0. The first-order valence-electron chi connectivity index (χ1n) is 9.70. The third-order valence-corrected chi connectivity index (χ3v) is 6.43. The molecule has 0 aromatic heterocycles. The summed E-state index contributed by atoms with van der Waals surface area (Å²) >= 11 is 3.69. The molecule has 1 aliphatic heterocycles. The fourth-order valence-electron chi connectivity index (χ4n) is 3.96. The first-order chi connectivity index (χ1) is 13.6. The van der Waals surface area contributed by atoms with E-state index in [1.165, 1.54) is 28.4 Å². The van der Waals surface area contributed by atoms with Gasteiger partial charge in [0.25, 0.3) is 0 Å². The van der Waals surface area contributed by atoms with Gasteiger partial charge in [-0.1, -0.05) is 52.3 Å². The molecule has 5 nitrogen and oxygen atoms in total. The third-order valence-electron chi connectivity index (χ3n) is 5.74. The first-order valence-corrected chi connectivity index (χ1v) is 10.5. The molecule has 0 saturated heterocycles. The Balaban J connectivity index is 1.38. The van der Waals surface area contributed by atoms with Crippen molar-refractivity contribution in [1.29, 1.82) is 0 Å². The SMILES string of the molecule is CN=C(NCC1CC(=O)Nc2ccccc21)NCC1(c2ccccc2Br)CC1. The van der Waals surface area contributed by atoms with Crippen LogP contribution in [0, 0.1) is 0 Å². The highest BCUT2D eigenvalue weighted by atomic mass is 79.9. The van der Waals surface area contributed by atoms with Crippen LogP contribution in [0.1, 0.15) is 36.3 Å². The van der Waals surface area contributed by atoms with Crippen LogP contribution in [-0.2, 0) is 10.2 Å². The van der Waals surface area contributed by atoms with Gasteiger partial charge in [-0.25, -0.2) is 0 Å². The van der Waals surface area contributed by atoms with Crippen LogP contribution in [0.25, 0.3) is 0 Å². The van der Waals surface area contributed by atoms with Crippen molar-refractivity contribution in [1.82, 2.24) is 10.6 Å². The first kappa shape index (κ1) is 19.0. The van der Waals surface area contributed by atoms with Gasteiger partial charge in [0, 0.05) is 48.1 Å². The van der Waals surface area contributed by atoms with E-state index in [2.05, 4.69) is 67.2 Å². The number of anilines is 1. The minimum absolute atomic E-state index is 0.0688. The minimum atomic E-state index is 0.0688. The maximum atomic E-state index is 12.0. The summed E-state index contributed by atoms with van der Waals surface area (Å²) in [7, 11) is 1.79. The van der Waals surface area contributed by atoms with E-state index >= 15 is 0 Å². The zero-order chi connectivity index (χ0) is 19.6. The Bertz CT molecular complexity index is 907. The van der Waals surface area contributed by atoms with Gasteiger partial charge in [-0.15, -0.1) is 0 Å². The molecular weight excluding hydrogens is 416 g/mol. The number of aliphatic imine (C=N–C) groups is 1. The highest BCUT2D eigenvalue weighted by molar-refractivity contribution is 9.10. The van der Waals surface area contributed by atoms with Crippen molar-refractivity contribution in [2.45, 2.75) is 30.6 Å². The molecule has 1 aliphatic carbocycles. The highest BCUT2D eigenvalue weighted by Gasteiger charge is 2.45. The summed E-state index contributed by atoms with van der Waals surface area (Å²) in [5, 5.41) is 9.86. The molecule has 6 heteroatoms. The predicted octanol–water partition coefficient (Wildman–Crippen LogP) is 3.77. The van der Waals surface area contributed by atoms with Gasteiger partial charge < -0.3 is 16.0 Å². The maximum absolute atomic E-state index is 12.0. The standard InChI is InChI=1S/C22H25BrN4O/c1-24-21(26-14-22(10-11-22)17-7-3-4-8-18(17)23)25-13-15-12-20(28)27-19-9-5-2-6-16(15)19/h2-9,15H,10-14H2,1H3,(H,27,28)(H2,24,25,26). The smallest absolute Gasteiger partial charge is 0.225 e. The number of carbonyl (C=O) groups excluding carboxylic acids is 1. The Labute approximate surface area is 174 Å². The lowest BCUT2D eigenvalue weighted by Crippen LogP contribution is -2.43. The summed E-state index contributed by atoms with van der Waals surface area (Å²) in [6, 6.07) is 16.5. The molecule has 0 bridgehead atoms. The predicted molar refractivity (Wildman–Crippen MR) is 117 cm³/mol. The van der Waals surface area contributed by atoms with Crippen LogP contribution in [-0.4, -0.2) is 32.0 Å². The summed E-state index contributed by atoms with van der Waals surface area (Å²) in [4.78, 5) is 16.4. The molecule has 1 saturated carbocycles. The lowest BCUT2D eigenvalue weighted by molar-refractivity contribution is -0.116. The van der Waals surface area contributed by atoms with Gasteiger partial charge in [0.05, 0.1) is 0 Å². The van der Waals surface area contributed by atoms with Crippen molar-refractivity contribution >= 4 is 33.5 Å². The van der Waals surface area contributed by atoms with Gasteiger partial charge >= 0.3 is 0 Å². The van der Waals surface area contributed by atoms with Gasteiger partial charge in [0.2, 0.25) is 5.91 Å². The molecule has 1 unspecified atom stereocenters. The Kier molecular flexibility index (Phi) is 5.40. The van der Waals surface area contributed by atoms with Crippen LogP contribution < -0.4 is 16.0 Å². The number of guanidine groups is 1. The number of hydrogen-bond acceptors (Lipinski definition) is 2. The number of nitrogens with one attached hydrogen (secondary N) is 3. The Morgan fingerprint density at radius 3 is 2.68 bits per heavy atom. The summed E-state index contributed by atoms with van der Waals surface area (Å²) in [5.41, 5.74) is 3.63. The maximum Gasteiger partial charge on any atom is 0.225 e. The van der Waals surface area contributed by atoms with E-state index in [1.54, 1.807) is 7.05 Å². The number of hydrogen-bond donors (Lipinski definition) is 3. The molecule has 0 spiro atoms. The van der Waals surface area contributed by atoms with Crippen molar-refractivity contribution in [3.05, 3.63) is 64.1 Å². The second-order valence-electron chi connectivity index (χ2n) is 7.60. The zero-order valence-corrected chi connectivity index (χ0v) is 17.6. The van der Waals surface area contributed by atoms with E-state index in [0.29, 0.717) is 13.0 Å². The molecule has 2 aromatic rings. The van der Waals surface area contributed by atoms with Crippen molar-refractivity contribution < 1.29 is 4.79 Å². The van der Waals surface area contributed by atoms with Crippen molar-refractivity contribution in [3.63, 3.8) is 0 Å². The van der Waals surface area contributed by atoms with Crippen LogP contribution in [0.2, 0.25) is 0 Å². The second kappa shape index (κ2) is 7.95. The van der Waals surface area contributed by atoms with E-state index in [1.807, 2.05) is 18.2 Å². The monoisotopic (exact) mass is 440 g/mol. The van der Waals surface area contributed by atoms with E-state index < -0.39 is 0 Å². The van der Waals surface area contributed by atoms with Crippen LogP contribution >= 0.6 is 15.9 Å². The average Bonchev–Trinajstić information content (AvgIpc) is 3.49. The fraction of sp³-hybridized carbons (Fsp3) is 0.364. The van der Waals surface area contributed by atoms with Crippen LogP contribution in [0.3, 0.4) is 0 Å². The lowest BCUT2D eigenvalue weighted by atomic mass is 9.90. The normalized spacial score (nSPS) is 20.1. The molecule has 4 rings (SSSR count). The molecule has 2 aliphatic rings. The quantitative estimate of drug-likeness (QED) is 0.489. The van der Waals surface area contributed by atoms with Crippen LogP contribution in [0.15, 0.2) is 58.0 Å². The Hall–Kier alpha value is -2.34. The van der Waals surface area contributed by atoms with Crippen LogP contribution in [0.5, 0.6) is 0 Å². The van der Waals surface area contributed by atoms with Gasteiger partial charge in [-0.3, -0.25) is 9.79 Å². The Morgan fingerprint density at radius 2 is 1.93 bits per heavy atom. The number of benzene rings is 2. The van der Waals surface area contributed by atoms with Gasteiger partial charge in [0.1, 0.15) is 0 Å². The molecular formula is C22H25BrN4O. The van der Waals surface area contributed by atoms with Crippen molar-refractivity contribution in [2.24, 2.45) is 4.99 Å². The molecule has 2 aromatic carbocycles. The number of nitrogens with zero attached hydrogens (tertiary/aromatic N) is 1. The fourth-order valence-corrected chi connectivity index (χ4v) is 4.67. The molecule has 1 atom stereocenters. The van der Waals surface area contributed by atoms with Crippen molar-refractivity contribution in [3.8, 4) is 0 Å². The Morgan fingerprint density at radius 1 is 1.18 bits per heavy atom. The largest absolute Gasteiger partial charge is 0.356 e. The second-order valence-corrected chi connectivity index (χ2v) is 8.46. The lowest BCUT2D eigenvalue weighted by Gasteiger charge is -2.27. The summed E-state index contributed by atoms with van der Waals surface area (Å²) in [5.74, 6) is 0.989. The number of para-hydroxylation sites is 1. The third kappa shape index (κ3) is 3.92. The van der Waals surface area contributed by atoms with Crippen molar-refractivity contribution in [2.75, 3.05) is 25.5 Å². The molecule has 28 heavy (non-hydrogen) atoms.